The molecule has 0 bridgehead atoms. The molecule has 104 valence electrons. The van der Waals surface area contributed by atoms with Crippen LogP contribution < -0.4 is 0 Å². The van der Waals surface area contributed by atoms with Gasteiger partial charge in [-0.1, -0.05) is 11.8 Å². The van der Waals surface area contributed by atoms with Crippen molar-refractivity contribution in [1.29, 1.82) is 0 Å². The maximum absolute atomic E-state index is 10.1. The molecule has 0 aromatic rings. The minimum Gasteiger partial charge on any atom is -0.389 e. The highest BCUT2D eigenvalue weighted by Gasteiger charge is 2.27. The summed E-state index contributed by atoms with van der Waals surface area (Å²) in [5, 5.41) is 10.1. The van der Waals surface area contributed by atoms with Gasteiger partial charge in [-0.2, -0.15) is 0 Å². The largest absolute Gasteiger partial charge is 0.389 e. The third-order valence-corrected chi connectivity index (χ3v) is 3.06. The Morgan fingerprint density at radius 2 is 2.06 bits per heavy atom. The van der Waals surface area contributed by atoms with Crippen molar-refractivity contribution in [2.24, 2.45) is 5.41 Å². The lowest BCUT2D eigenvalue weighted by Crippen LogP contribution is -2.49. The van der Waals surface area contributed by atoms with Crippen LogP contribution in [0.1, 0.15) is 41.0 Å². The molecule has 0 radical (unpaired) electrons. The zero-order valence-electron chi connectivity index (χ0n) is 12.4. The highest BCUT2D eigenvalue weighted by Crippen LogP contribution is 2.14. The molecular formula is C15H27NO2. The van der Waals surface area contributed by atoms with Crippen molar-refractivity contribution >= 4 is 0 Å². The van der Waals surface area contributed by atoms with Gasteiger partial charge in [0.2, 0.25) is 0 Å². The zero-order valence-corrected chi connectivity index (χ0v) is 12.4. The first-order chi connectivity index (χ1) is 8.29. The van der Waals surface area contributed by atoms with Gasteiger partial charge in [0.25, 0.3) is 0 Å². The third-order valence-electron chi connectivity index (χ3n) is 3.06. The van der Waals surface area contributed by atoms with E-state index in [1.807, 2.05) is 0 Å². The van der Waals surface area contributed by atoms with Crippen molar-refractivity contribution in [2.45, 2.75) is 59.3 Å². The van der Waals surface area contributed by atoms with E-state index in [0.29, 0.717) is 19.1 Å². The molecule has 1 saturated heterocycles. The number of hydrogen-bond acceptors (Lipinski definition) is 3. The van der Waals surface area contributed by atoms with Crippen LogP contribution in [0.5, 0.6) is 0 Å². The Labute approximate surface area is 112 Å². The molecule has 1 fully saturated rings. The lowest BCUT2D eigenvalue weighted by Gasteiger charge is -2.37. The van der Waals surface area contributed by atoms with E-state index < -0.39 is 6.10 Å². The molecule has 1 aliphatic rings. The maximum Gasteiger partial charge on any atom is 0.0970 e. The van der Waals surface area contributed by atoms with Crippen LogP contribution in [-0.4, -0.2) is 48.0 Å². The maximum atomic E-state index is 10.1. The van der Waals surface area contributed by atoms with E-state index in [2.05, 4.69) is 51.4 Å². The topological polar surface area (TPSA) is 32.7 Å². The molecular weight excluding hydrogens is 226 g/mol. The highest BCUT2D eigenvalue weighted by atomic mass is 16.5. The molecule has 1 aliphatic heterocycles. The molecule has 1 N–H and O–H groups in total. The van der Waals surface area contributed by atoms with E-state index >= 15 is 0 Å². The predicted octanol–water partition coefficient (Wildman–Crippen LogP) is 1.90. The molecule has 1 heterocycles. The minimum absolute atomic E-state index is 0.00287. The average Bonchev–Trinajstić information content (AvgIpc) is 2.27. The van der Waals surface area contributed by atoms with Gasteiger partial charge in [-0.05, 0) is 34.6 Å². The summed E-state index contributed by atoms with van der Waals surface area (Å²) < 4.78 is 5.64. The summed E-state index contributed by atoms with van der Waals surface area (Å²) in [5.41, 5.74) is -0.00287. The van der Waals surface area contributed by atoms with Crippen LogP contribution in [0.3, 0.4) is 0 Å². The number of aliphatic hydroxyl groups excluding tert-OH is 1. The van der Waals surface area contributed by atoms with Crippen molar-refractivity contribution in [1.82, 2.24) is 4.90 Å². The van der Waals surface area contributed by atoms with Gasteiger partial charge in [0.05, 0.1) is 18.8 Å². The van der Waals surface area contributed by atoms with Gasteiger partial charge in [0.15, 0.2) is 0 Å². The first kappa shape index (κ1) is 15.5. The SMILES string of the molecule is CC(C)N1CCOC(C(O)CC#CC(C)(C)C)C1. The summed E-state index contributed by atoms with van der Waals surface area (Å²) in [5.74, 6) is 6.21. The lowest BCUT2D eigenvalue weighted by molar-refractivity contribution is -0.0928. The third kappa shape index (κ3) is 5.39. The molecule has 3 nitrogen and oxygen atoms in total. The van der Waals surface area contributed by atoms with Crippen LogP contribution in [0.15, 0.2) is 0 Å². The summed E-state index contributed by atoms with van der Waals surface area (Å²) in [6, 6.07) is 0.504. The fourth-order valence-electron chi connectivity index (χ4n) is 1.95. The fourth-order valence-corrected chi connectivity index (χ4v) is 1.95. The first-order valence-corrected chi connectivity index (χ1v) is 6.83. The van der Waals surface area contributed by atoms with E-state index in [1.165, 1.54) is 0 Å². The summed E-state index contributed by atoms with van der Waals surface area (Å²) in [4.78, 5) is 2.34. The van der Waals surface area contributed by atoms with Crippen molar-refractivity contribution < 1.29 is 9.84 Å². The second-order valence-electron chi connectivity index (χ2n) is 6.32. The van der Waals surface area contributed by atoms with Crippen molar-refractivity contribution in [3.8, 4) is 11.8 Å². The van der Waals surface area contributed by atoms with Gasteiger partial charge in [0, 0.05) is 31.0 Å². The molecule has 0 spiro atoms. The summed E-state index contributed by atoms with van der Waals surface area (Å²) in [6.07, 6.45) is -0.0924. The quantitative estimate of drug-likeness (QED) is 0.780. The number of ether oxygens (including phenoxy) is 1. The van der Waals surface area contributed by atoms with Crippen LogP contribution in [0.2, 0.25) is 0 Å². The Morgan fingerprint density at radius 3 is 2.61 bits per heavy atom. The number of aliphatic hydroxyl groups is 1. The van der Waals surface area contributed by atoms with E-state index in [0.717, 1.165) is 13.1 Å². The number of rotatable bonds is 3. The van der Waals surface area contributed by atoms with Gasteiger partial charge < -0.3 is 9.84 Å². The highest BCUT2D eigenvalue weighted by molar-refractivity contribution is 5.08. The summed E-state index contributed by atoms with van der Waals surface area (Å²) >= 11 is 0. The van der Waals surface area contributed by atoms with Crippen LogP contribution >= 0.6 is 0 Å². The molecule has 0 aromatic carbocycles. The van der Waals surface area contributed by atoms with Crippen molar-refractivity contribution in [3.05, 3.63) is 0 Å². The molecule has 3 heteroatoms. The molecule has 0 aromatic heterocycles. The van der Waals surface area contributed by atoms with Crippen LogP contribution in [0.4, 0.5) is 0 Å². The normalized spacial score (nSPS) is 23.6. The fraction of sp³-hybridized carbons (Fsp3) is 0.867. The van der Waals surface area contributed by atoms with E-state index in [1.54, 1.807) is 0 Å². The predicted molar refractivity (Wildman–Crippen MR) is 74.3 cm³/mol. The smallest absolute Gasteiger partial charge is 0.0970 e. The van der Waals surface area contributed by atoms with Gasteiger partial charge in [0.1, 0.15) is 0 Å². The van der Waals surface area contributed by atoms with Gasteiger partial charge in [-0.25, -0.2) is 0 Å². The van der Waals surface area contributed by atoms with E-state index in [4.69, 9.17) is 4.74 Å². The molecule has 0 aliphatic carbocycles. The van der Waals surface area contributed by atoms with Gasteiger partial charge >= 0.3 is 0 Å². The van der Waals surface area contributed by atoms with E-state index in [-0.39, 0.29) is 11.5 Å². The number of hydrogen-bond donors (Lipinski definition) is 1. The number of nitrogens with zero attached hydrogens (tertiary/aromatic N) is 1. The molecule has 2 atom stereocenters. The summed E-state index contributed by atoms with van der Waals surface area (Å²) in [7, 11) is 0. The van der Waals surface area contributed by atoms with Crippen LogP contribution in [-0.2, 0) is 4.74 Å². The van der Waals surface area contributed by atoms with Gasteiger partial charge in [-0.15, -0.1) is 0 Å². The minimum atomic E-state index is -0.485. The molecule has 1 rings (SSSR count). The van der Waals surface area contributed by atoms with Gasteiger partial charge in [-0.3, -0.25) is 4.90 Å². The second-order valence-corrected chi connectivity index (χ2v) is 6.32. The molecule has 0 saturated carbocycles. The van der Waals surface area contributed by atoms with Crippen molar-refractivity contribution in [2.75, 3.05) is 19.7 Å². The zero-order chi connectivity index (χ0) is 13.8. The van der Waals surface area contributed by atoms with Crippen LogP contribution in [0.25, 0.3) is 0 Å². The molecule has 2 unspecified atom stereocenters. The Bertz CT molecular complexity index is 309. The lowest BCUT2D eigenvalue weighted by atomic mass is 9.97. The Morgan fingerprint density at radius 1 is 1.39 bits per heavy atom. The van der Waals surface area contributed by atoms with Crippen molar-refractivity contribution in [3.63, 3.8) is 0 Å². The molecule has 0 amide bonds. The van der Waals surface area contributed by atoms with E-state index in [9.17, 15) is 5.11 Å². The molecule has 18 heavy (non-hydrogen) atoms. The monoisotopic (exact) mass is 253 g/mol. The Hall–Kier alpha value is -0.560. The Balaban J connectivity index is 2.46. The average molecular weight is 253 g/mol. The second kappa shape index (κ2) is 6.56. The number of morpholine rings is 1. The first-order valence-electron chi connectivity index (χ1n) is 6.83. The standard InChI is InChI=1S/C15H27NO2/c1-12(2)16-9-10-18-14(11-16)13(17)7-6-8-15(3,4)5/h12-14,17H,7,9-11H2,1-5H3. The van der Waals surface area contributed by atoms with Crippen LogP contribution in [0, 0.1) is 17.3 Å². The summed E-state index contributed by atoms with van der Waals surface area (Å²) in [6.45, 7) is 13.0. The Kier molecular flexibility index (Phi) is 5.65.